The van der Waals surface area contributed by atoms with E-state index in [1.165, 1.54) is 11.0 Å². The summed E-state index contributed by atoms with van der Waals surface area (Å²) in [4.78, 5) is 61.6. The number of hydrogen-bond donors (Lipinski definition) is 2. The first-order valence-electron chi connectivity index (χ1n) is 20.8. The number of nitrogens with zero attached hydrogens (tertiary/aromatic N) is 8. The average Bonchev–Trinajstić information content (AvgIpc) is 3.62. The number of amides is 5. The second kappa shape index (κ2) is 17.3. The Hall–Kier alpha value is -5.19. The van der Waals surface area contributed by atoms with Gasteiger partial charge in [-0.1, -0.05) is 6.07 Å². The summed E-state index contributed by atoms with van der Waals surface area (Å²) in [6.07, 6.45) is 3.41. The number of aryl methyl sites for hydroxylation is 1. The second-order valence-corrected chi connectivity index (χ2v) is 17.5. The summed E-state index contributed by atoms with van der Waals surface area (Å²) in [5.74, 6) is -0.0281. The predicted octanol–water partition coefficient (Wildman–Crippen LogP) is 6.25. The number of hydrogen-bond acceptors (Lipinski definition) is 10. The molecule has 2 aromatic heterocycles. The van der Waals surface area contributed by atoms with Crippen molar-refractivity contribution < 1.29 is 37.1 Å². The number of carbonyl (C=O) groups excluding carboxylic acids is 4. The minimum atomic E-state index is -4.82. The summed E-state index contributed by atoms with van der Waals surface area (Å²) < 4.78 is 49.2. The zero-order valence-corrected chi connectivity index (χ0v) is 35.7. The van der Waals surface area contributed by atoms with E-state index < -0.39 is 34.9 Å². The average molecular weight is 865 g/mol. The van der Waals surface area contributed by atoms with Crippen molar-refractivity contribution in [3.63, 3.8) is 0 Å². The van der Waals surface area contributed by atoms with Gasteiger partial charge in [-0.05, 0) is 115 Å². The molecule has 5 heterocycles. The number of para-hydroxylation sites is 1. The van der Waals surface area contributed by atoms with E-state index in [1.807, 2.05) is 17.0 Å². The van der Waals surface area contributed by atoms with Gasteiger partial charge < -0.3 is 15.0 Å². The summed E-state index contributed by atoms with van der Waals surface area (Å²) in [6.45, 7) is 8.74. The number of fused-ring (bicyclic) bond motifs is 1. The third-order valence-corrected chi connectivity index (χ3v) is 13.0. The Bertz CT molecular complexity index is 2260. The van der Waals surface area contributed by atoms with Crippen LogP contribution in [0.15, 0.2) is 30.5 Å². The predicted molar refractivity (Wildman–Crippen MR) is 224 cm³/mol. The van der Waals surface area contributed by atoms with Crippen LogP contribution in [0.4, 0.5) is 35.2 Å². The molecule has 19 heteroatoms. The molecule has 0 bridgehead atoms. The van der Waals surface area contributed by atoms with Crippen molar-refractivity contribution in [2.24, 2.45) is 13.0 Å². The fraction of sp³-hybridized carbons (Fsp3) is 0.571. The van der Waals surface area contributed by atoms with E-state index >= 15 is 0 Å². The normalized spacial score (nSPS) is 25.0. The molecule has 1 unspecified atom stereocenters. The summed E-state index contributed by atoms with van der Waals surface area (Å²) in [5.41, 5.74) is -1.89. The third kappa shape index (κ3) is 8.80. The topological polar surface area (TPSA) is 169 Å². The molecule has 3 atom stereocenters. The first kappa shape index (κ1) is 43.9. The zero-order chi connectivity index (χ0) is 44.0. The lowest BCUT2D eigenvalue weighted by atomic mass is 9.82. The molecule has 61 heavy (non-hydrogen) atoms. The van der Waals surface area contributed by atoms with Crippen LogP contribution in [0.3, 0.4) is 0 Å². The number of anilines is 3. The van der Waals surface area contributed by atoms with Crippen LogP contribution >= 0.6 is 12.2 Å². The van der Waals surface area contributed by atoms with Crippen molar-refractivity contribution in [1.82, 2.24) is 29.9 Å². The standard InChI is InChI=1S/C42H51F3N10O5S/c1-24-18-29(19-25(2)53(24)23-35(57)48-32-10-6-9-30-36(32)51(5)50-37(30)52-16-15-34(56)49-39(52)59)60-17-7-8-26-11-13-27(14-12-26)55-40(61)54(38(58)41(55,3)4)28-20-31(42(43,44)45)33(21-46)47-22-28/h6,9-10,20,22,24-27,29H,7-8,11-19,23H2,1-5H3,(H,48,57)(H,49,56,59)/t24-,25+,26?,27?,29?. The Morgan fingerprint density at radius 2 is 1.82 bits per heavy atom. The highest BCUT2D eigenvalue weighted by Gasteiger charge is 2.53. The number of alkyl halides is 3. The van der Waals surface area contributed by atoms with Crippen molar-refractivity contribution in [3.8, 4) is 6.07 Å². The van der Waals surface area contributed by atoms with E-state index in [0.717, 1.165) is 68.5 Å². The molecule has 3 aromatic rings. The number of nitriles is 1. The molecule has 3 saturated heterocycles. The molecule has 1 aromatic carbocycles. The number of halogens is 3. The van der Waals surface area contributed by atoms with Crippen LogP contribution in [-0.4, -0.2) is 103 Å². The Morgan fingerprint density at radius 3 is 2.48 bits per heavy atom. The summed E-state index contributed by atoms with van der Waals surface area (Å²) in [5, 5.41) is 20.0. The van der Waals surface area contributed by atoms with Crippen LogP contribution < -0.4 is 20.4 Å². The lowest BCUT2D eigenvalue weighted by Crippen LogP contribution is -2.51. The molecule has 1 saturated carbocycles. The van der Waals surface area contributed by atoms with Crippen molar-refractivity contribution in [3.05, 3.63) is 41.7 Å². The molecular formula is C42H51F3N10O5S. The van der Waals surface area contributed by atoms with Crippen molar-refractivity contribution in [2.75, 3.05) is 34.8 Å². The molecule has 3 aliphatic heterocycles. The number of benzene rings is 1. The molecule has 7 rings (SSSR count). The van der Waals surface area contributed by atoms with Gasteiger partial charge in [-0.3, -0.25) is 39.1 Å². The largest absolute Gasteiger partial charge is 0.419 e. The van der Waals surface area contributed by atoms with Crippen molar-refractivity contribution >= 4 is 69.2 Å². The van der Waals surface area contributed by atoms with Gasteiger partial charge in [0.15, 0.2) is 16.6 Å². The molecule has 2 N–H and O–H groups in total. The number of ether oxygens (including phenoxy) is 1. The van der Waals surface area contributed by atoms with Crippen LogP contribution in [0, 0.1) is 17.2 Å². The number of imide groups is 1. The third-order valence-electron chi connectivity index (χ3n) is 12.7. The first-order valence-corrected chi connectivity index (χ1v) is 21.2. The molecule has 4 aliphatic rings. The minimum Gasteiger partial charge on any atom is -0.378 e. The van der Waals surface area contributed by atoms with Crippen molar-refractivity contribution in [1.29, 1.82) is 5.26 Å². The number of nitrogens with one attached hydrogen (secondary N) is 2. The Balaban J connectivity index is 0.861. The van der Waals surface area contributed by atoms with Crippen LogP contribution in [0.5, 0.6) is 0 Å². The SMILES string of the molecule is C[C@@H]1CC(OCCCC2CCC(N3C(=S)N(c4cnc(C#N)c(C(F)(F)F)c4)C(=O)C3(C)C)CC2)C[C@H](C)N1CC(=O)Nc1cccc2c(N3CCC(=O)NC3=O)nn(C)c12. The molecule has 5 amide bonds. The van der Waals surface area contributed by atoms with E-state index in [9.17, 15) is 37.6 Å². The van der Waals surface area contributed by atoms with Crippen LogP contribution in [-0.2, 0) is 32.3 Å². The van der Waals surface area contributed by atoms with Gasteiger partial charge in [0.1, 0.15) is 11.6 Å². The lowest BCUT2D eigenvalue weighted by Gasteiger charge is -2.42. The van der Waals surface area contributed by atoms with E-state index in [1.54, 1.807) is 31.6 Å². The minimum absolute atomic E-state index is 0.0486. The summed E-state index contributed by atoms with van der Waals surface area (Å²) in [6, 6.07) is 7.34. The number of likely N-dealkylation sites (tertiary alicyclic amines) is 1. The van der Waals surface area contributed by atoms with Gasteiger partial charge in [-0.2, -0.15) is 23.5 Å². The van der Waals surface area contributed by atoms with Crippen molar-refractivity contribution in [2.45, 2.75) is 121 Å². The van der Waals surface area contributed by atoms with Crippen LogP contribution in [0.1, 0.15) is 96.7 Å². The fourth-order valence-electron chi connectivity index (χ4n) is 9.60. The van der Waals surface area contributed by atoms with E-state index in [-0.39, 0.29) is 66.4 Å². The smallest absolute Gasteiger partial charge is 0.378 e. The van der Waals surface area contributed by atoms with E-state index in [4.69, 9.17) is 17.0 Å². The van der Waals surface area contributed by atoms with Crippen LogP contribution in [0.25, 0.3) is 10.9 Å². The van der Waals surface area contributed by atoms with Gasteiger partial charge in [0.05, 0.1) is 41.3 Å². The number of aromatic nitrogens is 3. The maximum Gasteiger partial charge on any atom is 0.419 e. The summed E-state index contributed by atoms with van der Waals surface area (Å²) >= 11 is 5.74. The molecule has 0 spiro atoms. The number of pyridine rings is 1. The Labute approximate surface area is 357 Å². The first-order chi connectivity index (χ1) is 28.9. The fourth-order valence-corrected chi connectivity index (χ4v) is 10.2. The number of piperidine rings is 1. The number of thiocarbonyl (C=S) groups is 1. The number of urea groups is 1. The maximum atomic E-state index is 13.7. The quantitative estimate of drug-likeness (QED) is 0.165. The maximum absolute atomic E-state index is 13.7. The molecule has 1 aliphatic carbocycles. The monoisotopic (exact) mass is 864 g/mol. The molecule has 15 nitrogen and oxygen atoms in total. The van der Waals surface area contributed by atoms with Gasteiger partial charge in [-0.25, -0.2) is 9.78 Å². The number of rotatable bonds is 11. The lowest BCUT2D eigenvalue weighted by molar-refractivity contribution is -0.138. The number of carbonyl (C=O) groups is 4. The Kier molecular flexibility index (Phi) is 12.4. The highest BCUT2D eigenvalue weighted by atomic mass is 32.1. The van der Waals surface area contributed by atoms with Gasteiger partial charge >= 0.3 is 12.2 Å². The zero-order valence-electron chi connectivity index (χ0n) is 34.9. The van der Waals surface area contributed by atoms with Gasteiger partial charge in [0.2, 0.25) is 11.8 Å². The molecule has 0 radical (unpaired) electrons. The molecule has 326 valence electrons. The van der Waals surface area contributed by atoms with Gasteiger partial charge in [0.25, 0.3) is 5.91 Å². The van der Waals surface area contributed by atoms with Gasteiger partial charge in [-0.15, -0.1) is 0 Å². The molecular weight excluding hydrogens is 814 g/mol. The highest BCUT2D eigenvalue weighted by Crippen LogP contribution is 2.41. The summed E-state index contributed by atoms with van der Waals surface area (Å²) in [7, 11) is 1.75. The van der Waals surface area contributed by atoms with Crippen LogP contribution in [0.2, 0.25) is 0 Å². The van der Waals surface area contributed by atoms with E-state index in [2.05, 4.69) is 39.5 Å². The Morgan fingerprint density at radius 1 is 1.11 bits per heavy atom. The molecule has 4 fully saturated rings. The van der Waals surface area contributed by atoms with Gasteiger partial charge in [0, 0.05) is 50.1 Å². The highest BCUT2D eigenvalue weighted by molar-refractivity contribution is 7.80. The van der Waals surface area contributed by atoms with E-state index in [0.29, 0.717) is 34.9 Å². The second-order valence-electron chi connectivity index (χ2n) is 17.2.